The van der Waals surface area contributed by atoms with Gasteiger partial charge in [-0.25, -0.2) is 4.79 Å². The van der Waals surface area contributed by atoms with Crippen molar-refractivity contribution < 1.29 is 9.90 Å². The summed E-state index contributed by atoms with van der Waals surface area (Å²) in [4.78, 5) is 15.8. The monoisotopic (exact) mass is 263 g/mol. The summed E-state index contributed by atoms with van der Waals surface area (Å²) in [5.74, 6) is 0. The normalized spacial score (nSPS) is 18.2. The van der Waals surface area contributed by atoms with Crippen molar-refractivity contribution in [1.82, 2.24) is 15.6 Å². The van der Waals surface area contributed by atoms with E-state index in [1.807, 2.05) is 19.1 Å². The van der Waals surface area contributed by atoms with Crippen molar-refractivity contribution >= 4 is 6.03 Å². The molecule has 3 N–H and O–H groups in total. The highest BCUT2D eigenvalue weighted by Crippen LogP contribution is 2.30. The number of aromatic nitrogens is 1. The highest BCUT2D eigenvalue weighted by atomic mass is 16.3. The number of pyridine rings is 1. The number of aliphatic hydroxyl groups is 1. The third-order valence-corrected chi connectivity index (χ3v) is 3.68. The Hall–Kier alpha value is -1.62. The van der Waals surface area contributed by atoms with Crippen LogP contribution < -0.4 is 10.6 Å². The van der Waals surface area contributed by atoms with E-state index < -0.39 is 5.60 Å². The summed E-state index contributed by atoms with van der Waals surface area (Å²) in [5, 5.41) is 15.6. The van der Waals surface area contributed by atoms with E-state index in [1.165, 1.54) is 0 Å². The number of carbonyl (C=O) groups is 1. The lowest BCUT2D eigenvalue weighted by Gasteiger charge is -2.36. The van der Waals surface area contributed by atoms with E-state index >= 15 is 0 Å². The second kappa shape index (κ2) is 6.02. The molecule has 1 aromatic heterocycles. The predicted octanol–water partition coefficient (Wildman–Crippen LogP) is 1.75. The van der Waals surface area contributed by atoms with Gasteiger partial charge in [-0.15, -0.1) is 0 Å². The van der Waals surface area contributed by atoms with E-state index in [0.717, 1.165) is 31.2 Å². The molecule has 1 unspecified atom stereocenters. The van der Waals surface area contributed by atoms with Crippen molar-refractivity contribution in [2.24, 2.45) is 0 Å². The summed E-state index contributed by atoms with van der Waals surface area (Å²) in [6.07, 6.45) is 6.82. The first-order chi connectivity index (χ1) is 9.13. The Kier molecular flexibility index (Phi) is 4.37. The second-order valence-corrected chi connectivity index (χ2v) is 5.15. The van der Waals surface area contributed by atoms with E-state index in [-0.39, 0.29) is 12.1 Å². The summed E-state index contributed by atoms with van der Waals surface area (Å²) in [6.45, 7) is 2.34. The van der Waals surface area contributed by atoms with Gasteiger partial charge in [-0.05, 0) is 43.4 Å². The van der Waals surface area contributed by atoms with Gasteiger partial charge in [-0.1, -0.05) is 6.92 Å². The zero-order valence-corrected chi connectivity index (χ0v) is 11.2. The van der Waals surface area contributed by atoms with E-state index in [0.29, 0.717) is 6.54 Å². The third kappa shape index (κ3) is 3.67. The Morgan fingerprint density at radius 1 is 1.47 bits per heavy atom. The van der Waals surface area contributed by atoms with E-state index in [9.17, 15) is 9.90 Å². The Labute approximate surface area is 113 Å². The molecular weight excluding hydrogens is 242 g/mol. The largest absolute Gasteiger partial charge is 0.388 e. The standard InChI is InChI=1S/C14H21N3O2/c1-2-12(11-4-8-15-9-5-11)17-13(18)16-10-14(19)6-3-7-14/h4-5,8-9,12,19H,2-3,6-7,10H2,1H3,(H2,16,17,18). The topological polar surface area (TPSA) is 74.2 Å². The number of nitrogens with zero attached hydrogens (tertiary/aromatic N) is 1. The van der Waals surface area contributed by atoms with Gasteiger partial charge in [0.1, 0.15) is 0 Å². The fourth-order valence-corrected chi connectivity index (χ4v) is 2.23. The molecule has 2 amide bonds. The summed E-state index contributed by atoms with van der Waals surface area (Å²) in [6, 6.07) is 3.53. The van der Waals surface area contributed by atoms with E-state index in [4.69, 9.17) is 0 Å². The van der Waals surface area contributed by atoms with Gasteiger partial charge in [-0.3, -0.25) is 4.98 Å². The first-order valence-corrected chi connectivity index (χ1v) is 6.80. The molecule has 1 saturated carbocycles. The maximum Gasteiger partial charge on any atom is 0.315 e. The van der Waals surface area contributed by atoms with Gasteiger partial charge in [0, 0.05) is 18.9 Å². The van der Waals surface area contributed by atoms with Gasteiger partial charge in [0.15, 0.2) is 0 Å². The highest BCUT2D eigenvalue weighted by molar-refractivity contribution is 5.74. The average molecular weight is 263 g/mol. The Balaban J connectivity index is 1.83. The maximum atomic E-state index is 11.8. The molecule has 1 atom stereocenters. The van der Waals surface area contributed by atoms with Crippen molar-refractivity contribution in [3.63, 3.8) is 0 Å². The summed E-state index contributed by atoms with van der Waals surface area (Å²) >= 11 is 0. The summed E-state index contributed by atoms with van der Waals surface area (Å²) in [5.41, 5.74) is 0.352. The first kappa shape index (κ1) is 13.8. The van der Waals surface area contributed by atoms with Crippen LogP contribution in [0.3, 0.4) is 0 Å². The van der Waals surface area contributed by atoms with Crippen molar-refractivity contribution in [3.05, 3.63) is 30.1 Å². The molecule has 1 aliphatic carbocycles. The molecule has 0 saturated heterocycles. The molecule has 104 valence electrons. The molecule has 1 fully saturated rings. The molecule has 0 spiro atoms. The minimum absolute atomic E-state index is 0.0287. The summed E-state index contributed by atoms with van der Waals surface area (Å²) < 4.78 is 0. The van der Waals surface area contributed by atoms with Crippen molar-refractivity contribution in [2.45, 2.75) is 44.2 Å². The molecule has 1 aromatic rings. The molecule has 19 heavy (non-hydrogen) atoms. The van der Waals surface area contributed by atoms with Gasteiger partial charge in [0.2, 0.25) is 0 Å². The zero-order chi connectivity index (χ0) is 13.7. The van der Waals surface area contributed by atoms with Crippen LogP contribution >= 0.6 is 0 Å². The zero-order valence-electron chi connectivity index (χ0n) is 11.2. The molecule has 5 heteroatoms. The number of rotatable bonds is 5. The maximum absolute atomic E-state index is 11.8. The third-order valence-electron chi connectivity index (χ3n) is 3.68. The van der Waals surface area contributed by atoms with Crippen molar-refractivity contribution in [3.8, 4) is 0 Å². The Morgan fingerprint density at radius 2 is 2.16 bits per heavy atom. The smallest absolute Gasteiger partial charge is 0.315 e. The number of hydrogen-bond acceptors (Lipinski definition) is 3. The number of nitrogens with one attached hydrogen (secondary N) is 2. The molecule has 0 aromatic carbocycles. The van der Waals surface area contributed by atoms with E-state index in [2.05, 4.69) is 15.6 Å². The van der Waals surface area contributed by atoms with Crippen LogP contribution in [-0.2, 0) is 0 Å². The van der Waals surface area contributed by atoms with Crippen LogP contribution in [0.2, 0.25) is 0 Å². The number of amides is 2. The van der Waals surface area contributed by atoms with Crippen LogP contribution in [0.5, 0.6) is 0 Å². The minimum Gasteiger partial charge on any atom is -0.388 e. The Morgan fingerprint density at radius 3 is 2.68 bits per heavy atom. The lowest BCUT2D eigenvalue weighted by Crippen LogP contribution is -2.50. The lowest BCUT2D eigenvalue weighted by molar-refractivity contribution is -0.0290. The van der Waals surface area contributed by atoms with Crippen LogP contribution in [-0.4, -0.2) is 28.3 Å². The van der Waals surface area contributed by atoms with Gasteiger partial charge < -0.3 is 15.7 Å². The van der Waals surface area contributed by atoms with Crippen LogP contribution in [0.25, 0.3) is 0 Å². The molecule has 2 rings (SSSR count). The number of hydrogen-bond donors (Lipinski definition) is 3. The van der Waals surface area contributed by atoms with Crippen molar-refractivity contribution in [1.29, 1.82) is 0 Å². The molecule has 0 aliphatic heterocycles. The summed E-state index contributed by atoms with van der Waals surface area (Å²) in [7, 11) is 0. The van der Waals surface area contributed by atoms with Gasteiger partial charge in [0.25, 0.3) is 0 Å². The second-order valence-electron chi connectivity index (χ2n) is 5.15. The van der Waals surface area contributed by atoms with Gasteiger partial charge in [0.05, 0.1) is 11.6 Å². The minimum atomic E-state index is -0.685. The lowest BCUT2D eigenvalue weighted by atomic mass is 9.80. The van der Waals surface area contributed by atoms with E-state index in [1.54, 1.807) is 12.4 Å². The first-order valence-electron chi connectivity index (χ1n) is 6.80. The fourth-order valence-electron chi connectivity index (χ4n) is 2.23. The fraction of sp³-hybridized carbons (Fsp3) is 0.571. The van der Waals surface area contributed by atoms with Crippen LogP contribution in [0.15, 0.2) is 24.5 Å². The Bertz CT molecular complexity index is 418. The van der Waals surface area contributed by atoms with Gasteiger partial charge in [-0.2, -0.15) is 0 Å². The molecule has 5 nitrogen and oxygen atoms in total. The van der Waals surface area contributed by atoms with Crippen LogP contribution in [0.1, 0.15) is 44.2 Å². The molecule has 1 aliphatic rings. The van der Waals surface area contributed by atoms with Crippen molar-refractivity contribution in [2.75, 3.05) is 6.54 Å². The van der Waals surface area contributed by atoms with Gasteiger partial charge >= 0.3 is 6.03 Å². The molecule has 0 radical (unpaired) electrons. The van der Waals surface area contributed by atoms with Crippen LogP contribution in [0, 0.1) is 0 Å². The molecule has 0 bridgehead atoms. The predicted molar refractivity (Wildman–Crippen MR) is 72.6 cm³/mol. The number of carbonyl (C=O) groups excluding carboxylic acids is 1. The SMILES string of the molecule is CCC(NC(=O)NCC1(O)CCC1)c1ccncc1. The number of urea groups is 1. The van der Waals surface area contributed by atoms with Crippen LogP contribution in [0.4, 0.5) is 4.79 Å². The molecule has 1 heterocycles. The average Bonchev–Trinajstić information content (AvgIpc) is 2.41. The molecular formula is C14H21N3O2. The highest BCUT2D eigenvalue weighted by Gasteiger charge is 2.34. The quantitative estimate of drug-likeness (QED) is 0.757.